The number of benzene rings is 1. The van der Waals surface area contributed by atoms with E-state index < -0.39 is 0 Å². The third-order valence-corrected chi connectivity index (χ3v) is 2.52. The van der Waals surface area contributed by atoms with Gasteiger partial charge in [0.05, 0.1) is 18.9 Å². The topological polar surface area (TPSA) is 42.4 Å². The van der Waals surface area contributed by atoms with Crippen molar-refractivity contribution in [2.24, 2.45) is 0 Å². The van der Waals surface area contributed by atoms with Crippen molar-refractivity contribution in [1.82, 2.24) is 4.98 Å². The molecule has 1 aromatic heterocycles. The molecule has 0 bridgehead atoms. The van der Waals surface area contributed by atoms with Crippen molar-refractivity contribution < 1.29 is 9.84 Å². The molecule has 3 nitrogen and oxygen atoms in total. The Balaban J connectivity index is 2.69. The average molecular weight is 217 g/mol. The van der Waals surface area contributed by atoms with E-state index in [1.54, 1.807) is 0 Å². The fourth-order valence-electron chi connectivity index (χ4n) is 1.81. The van der Waals surface area contributed by atoms with Crippen molar-refractivity contribution in [3.63, 3.8) is 0 Å². The quantitative estimate of drug-likeness (QED) is 0.858. The Bertz CT molecular complexity index is 509. The first kappa shape index (κ1) is 10.9. The molecule has 0 unspecified atom stereocenters. The molecule has 1 aromatic carbocycles. The summed E-state index contributed by atoms with van der Waals surface area (Å²) >= 11 is 0. The van der Waals surface area contributed by atoms with E-state index in [-0.39, 0.29) is 6.61 Å². The molecule has 0 spiro atoms. The van der Waals surface area contributed by atoms with Crippen LogP contribution in [0.15, 0.2) is 24.3 Å². The number of fused-ring (bicyclic) bond motifs is 1. The van der Waals surface area contributed by atoms with E-state index in [1.165, 1.54) is 0 Å². The highest BCUT2D eigenvalue weighted by Crippen LogP contribution is 2.26. The summed E-state index contributed by atoms with van der Waals surface area (Å²) in [5, 5.41) is 10.2. The lowest BCUT2D eigenvalue weighted by atomic mass is 10.1. The molecule has 0 saturated heterocycles. The zero-order chi connectivity index (χ0) is 11.5. The van der Waals surface area contributed by atoms with E-state index in [0.29, 0.717) is 12.3 Å². The second-order valence-corrected chi connectivity index (χ2v) is 3.67. The molecule has 0 aliphatic carbocycles. The SMILES string of the molecule is CCOc1cccc2c(C)cc(CO)nc12. The van der Waals surface area contributed by atoms with Gasteiger partial charge in [-0.3, -0.25) is 0 Å². The summed E-state index contributed by atoms with van der Waals surface area (Å²) in [5.74, 6) is 0.776. The summed E-state index contributed by atoms with van der Waals surface area (Å²) in [6, 6.07) is 7.78. The summed E-state index contributed by atoms with van der Waals surface area (Å²) < 4.78 is 5.53. The van der Waals surface area contributed by atoms with Gasteiger partial charge in [0, 0.05) is 5.39 Å². The number of nitrogens with zero attached hydrogens (tertiary/aromatic N) is 1. The van der Waals surface area contributed by atoms with E-state index in [1.807, 2.05) is 38.1 Å². The Morgan fingerprint density at radius 1 is 1.38 bits per heavy atom. The first-order chi connectivity index (χ1) is 7.76. The largest absolute Gasteiger partial charge is 0.492 e. The van der Waals surface area contributed by atoms with Gasteiger partial charge >= 0.3 is 0 Å². The fourth-order valence-corrected chi connectivity index (χ4v) is 1.81. The molecule has 2 rings (SSSR count). The smallest absolute Gasteiger partial charge is 0.145 e. The van der Waals surface area contributed by atoms with Crippen LogP contribution in [0, 0.1) is 6.92 Å². The molecular formula is C13H15NO2. The Labute approximate surface area is 94.7 Å². The second kappa shape index (κ2) is 4.49. The average Bonchev–Trinajstić information content (AvgIpc) is 2.30. The molecule has 0 amide bonds. The zero-order valence-corrected chi connectivity index (χ0v) is 9.53. The molecule has 84 valence electrons. The van der Waals surface area contributed by atoms with Crippen LogP contribution in [0.1, 0.15) is 18.2 Å². The van der Waals surface area contributed by atoms with E-state index >= 15 is 0 Å². The number of rotatable bonds is 3. The summed E-state index contributed by atoms with van der Waals surface area (Å²) in [6.45, 7) is 4.53. The normalized spacial score (nSPS) is 10.7. The first-order valence-corrected chi connectivity index (χ1v) is 5.39. The second-order valence-electron chi connectivity index (χ2n) is 3.67. The summed E-state index contributed by atoms with van der Waals surface area (Å²) in [6.07, 6.45) is 0. The number of hydrogen-bond donors (Lipinski definition) is 1. The van der Waals surface area contributed by atoms with Gasteiger partial charge in [0.15, 0.2) is 0 Å². The van der Waals surface area contributed by atoms with Crippen LogP contribution in [0.3, 0.4) is 0 Å². The molecule has 0 fully saturated rings. The number of aliphatic hydroxyl groups is 1. The van der Waals surface area contributed by atoms with Gasteiger partial charge in [-0.25, -0.2) is 4.98 Å². The van der Waals surface area contributed by atoms with Gasteiger partial charge in [0.1, 0.15) is 11.3 Å². The third-order valence-electron chi connectivity index (χ3n) is 2.52. The lowest BCUT2D eigenvalue weighted by Gasteiger charge is -2.09. The number of aliphatic hydroxyl groups excluding tert-OH is 1. The fraction of sp³-hybridized carbons (Fsp3) is 0.308. The Hall–Kier alpha value is -1.61. The predicted molar refractivity (Wildman–Crippen MR) is 63.6 cm³/mol. The van der Waals surface area contributed by atoms with Crippen molar-refractivity contribution in [2.45, 2.75) is 20.5 Å². The summed E-state index contributed by atoms with van der Waals surface area (Å²) in [5.41, 5.74) is 2.61. The minimum absolute atomic E-state index is 0.0444. The maximum absolute atomic E-state index is 9.14. The highest BCUT2D eigenvalue weighted by molar-refractivity contribution is 5.87. The van der Waals surface area contributed by atoms with Gasteiger partial charge in [0.25, 0.3) is 0 Å². The van der Waals surface area contributed by atoms with Gasteiger partial charge in [-0.05, 0) is 31.5 Å². The van der Waals surface area contributed by atoms with Crippen molar-refractivity contribution >= 4 is 10.9 Å². The van der Waals surface area contributed by atoms with Crippen LogP contribution in [0.5, 0.6) is 5.75 Å². The van der Waals surface area contributed by atoms with E-state index in [9.17, 15) is 0 Å². The molecular weight excluding hydrogens is 202 g/mol. The van der Waals surface area contributed by atoms with Gasteiger partial charge < -0.3 is 9.84 Å². The highest BCUT2D eigenvalue weighted by Gasteiger charge is 2.07. The van der Waals surface area contributed by atoms with Gasteiger partial charge in [-0.15, -0.1) is 0 Å². The number of ether oxygens (including phenoxy) is 1. The third kappa shape index (κ3) is 1.86. The van der Waals surface area contributed by atoms with E-state index in [4.69, 9.17) is 9.84 Å². The maximum Gasteiger partial charge on any atom is 0.145 e. The zero-order valence-electron chi connectivity index (χ0n) is 9.53. The molecule has 2 aromatic rings. The van der Waals surface area contributed by atoms with Gasteiger partial charge in [0.2, 0.25) is 0 Å². The van der Waals surface area contributed by atoms with Crippen LogP contribution in [0.4, 0.5) is 0 Å². The van der Waals surface area contributed by atoms with Crippen LogP contribution in [-0.4, -0.2) is 16.7 Å². The van der Waals surface area contributed by atoms with Crippen molar-refractivity contribution in [1.29, 1.82) is 0 Å². The van der Waals surface area contributed by atoms with Crippen LogP contribution in [0.2, 0.25) is 0 Å². The van der Waals surface area contributed by atoms with E-state index in [0.717, 1.165) is 22.2 Å². The van der Waals surface area contributed by atoms with Crippen molar-refractivity contribution in [3.8, 4) is 5.75 Å². The lowest BCUT2D eigenvalue weighted by molar-refractivity contribution is 0.277. The Morgan fingerprint density at radius 3 is 2.88 bits per heavy atom. The Morgan fingerprint density at radius 2 is 2.19 bits per heavy atom. The molecule has 0 saturated carbocycles. The first-order valence-electron chi connectivity index (χ1n) is 5.39. The number of hydrogen-bond acceptors (Lipinski definition) is 3. The molecule has 1 N–H and O–H groups in total. The lowest BCUT2D eigenvalue weighted by Crippen LogP contribution is -1.97. The van der Waals surface area contributed by atoms with Crippen LogP contribution in [-0.2, 0) is 6.61 Å². The summed E-state index contributed by atoms with van der Waals surface area (Å²) in [7, 11) is 0. The molecule has 0 aliphatic rings. The van der Waals surface area contributed by atoms with Gasteiger partial charge in [-0.2, -0.15) is 0 Å². The number of pyridine rings is 1. The van der Waals surface area contributed by atoms with Crippen molar-refractivity contribution in [2.75, 3.05) is 6.61 Å². The molecule has 1 heterocycles. The molecule has 0 atom stereocenters. The molecule has 3 heteroatoms. The number of aryl methyl sites for hydroxylation is 1. The molecule has 0 aliphatic heterocycles. The van der Waals surface area contributed by atoms with Gasteiger partial charge in [-0.1, -0.05) is 12.1 Å². The van der Waals surface area contributed by atoms with Crippen LogP contribution < -0.4 is 4.74 Å². The van der Waals surface area contributed by atoms with E-state index in [2.05, 4.69) is 4.98 Å². The minimum atomic E-state index is -0.0444. The monoisotopic (exact) mass is 217 g/mol. The molecule has 0 radical (unpaired) electrons. The van der Waals surface area contributed by atoms with Crippen molar-refractivity contribution in [3.05, 3.63) is 35.5 Å². The maximum atomic E-state index is 9.14. The minimum Gasteiger partial charge on any atom is -0.492 e. The predicted octanol–water partition coefficient (Wildman–Crippen LogP) is 2.43. The number of para-hydroxylation sites is 1. The summed E-state index contributed by atoms with van der Waals surface area (Å²) in [4.78, 5) is 4.40. The van der Waals surface area contributed by atoms with Crippen LogP contribution in [0.25, 0.3) is 10.9 Å². The van der Waals surface area contributed by atoms with Crippen LogP contribution >= 0.6 is 0 Å². The molecule has 16 heavy (non-hydrogen) atoms. The standard InChI is InChI=1S/C13H15NO2/c1-3-16-12-6-4-5-11-9(2)7-10(8-15)14-13(11)12/h4-7,15H,3,8H2,1-2H3. The highest BCUT2D eigenvalue weighted by atomic mass is 16.5. The number of aromatic nitrogens is 1. The Kier molecular flexibility index (Phi) is 3.06.